The maximum absolute atomic E-state index is 14.2. The number of fused-ring (bicyclic) bond motifs is 1. The van der Waals surface area contributed by atoms with E-state index >= 15 is 0 Å². The minimum atomic E-state index is -3.48. The first kappa shape index (κ1) is 19.1. The van der Waals surface area contributed by atoms with Crippen LogP contribution in [0.25, 0.3) is 10.2 Å². The third-order valence-corrected chi connectivity index (χ3v) is 5.85. The summed E-state index contributed by atoms with van der Waals surface area (Å²) in [7, 11) is -3.48. The van der Waals surface area contributed by atoms with E-state index in [1.54, 1.807) is 0 Å². The van der Waals surface area contributed by atoms with Gasteiger partial charge in [0, 0.05) is 24.4 Å². The lowest BCUT2D eigenvalue weighted by atomic mass is 10.2. The number of benzene rings is 2. The van der Waals surface area contributed by atoms with Gasteiger partial charge in [-0.3, -0.25) is 4.79 Å². The minimum absolute atomic E-state index is 0.00743. The normalized spacial score (nSPS) is 12.5. The van der Waals surface area contributed by atoms with Gasteiger partial charge in [-0.05, 0) is 24.3 Å². The Morgan fingerprint density at radius 3 is 2.70 bits per heavy atom. The van der Waals surface area contributed by atoms with Crippen molar-refractivity contribution in [2.75, 3.05) is 6.26 Å². The quantitative estimate of drug-likeness (QED) is 0.622. The Labute approximate surface area is 157 Å². The number of carbonyl (C=O) groups excluding carboxylic acids is 1. The van der Waals surface area contributed by atoms with E-state index in [1.807, 2.05) is 0 Å². The van der Waals surface area contributed by atoms with Gasteiger partial charge in [0.1, 0.15) is 5.82 Å². The zero-order chi connectivity index (χ0) is 19.8. The summed E-state index contributed by atoms with van der Waals surface area (Å²) in [5, 5.41) is 0. The number of sulfone groups is 1. The molecule has 0 radical (unpaired) electrons. The van der Waals surface area contributed by atoms with Crippen LogP contribution in [0.2, 0.25) is 0 Å². The van der Waals surface area contributed by atoms with Gasteiger partial charge in [0.2, 0.25) is 0 Å². The van der Waals surface area contributed by atoms with Crippen molar-refractivity contribution >= 4 is 37.3 Å². The summed E-state index contributed by atoms with van der Waals surface area (Å²) < 4.78 is 52.7. The van der Waals surface area contributed by atoms with Crippen molar-refractivity contribution in [3.05, 3.63) is 71.1 Å². The second-order valence-corrected chi connectivity index (χ2v) is 8.76. The molecule has 1 aromatic heterocycles. The summed E-state index contributed by atoms with van der Waals surface area (Å²) in [6.07, 6.45) is 2.54. The molecule has 0 aliphatic heterocycles. The molecule has 0 spiro atoms. The van der Waals surface area contributed by atoms with Gasteiger partial charge in [-0.25, -0.2) is 17.2 Å². The number of rotatable bonds is 4. The molecule has 0 N–H and O–H groups in total. The van der Waals surface area contributed by atoms with Gasteiger partial charge in [-0.15, -0.1) is 6.58 Å². The van der Waals surface area contributed by atoms with E-state index in [0.29, 0.717) is 4.70 Å². The number of hydrogen-bond acceptors (Lipinski definition) is 4. The van der Waals surface area contributed by atoms with E-state index in [0.717, 1.165) is 29.7 Å². The monoisotopic (exact) mass is 408 g/mol. The van der Waals surface area contributed by atoms with Crippen molar-refractivity contribution < 1.29 is 22.0 Å². The first-order valence-corrected chi connectivity index (χ1v) is 10.4. The number of amides is 1. The molecular formula is C18H14F2N2O3S2. The van der Waals surface area contributed by atoms with E-state index in [-0.39, 0.29) is 27.3 Å². The third kappa shape index (κ3) is 3.88. The van der Waals surface area contributed by atoms with Crippen molar-refractivity contribution in [2.24, 2.45) is 4.99 Å². The second-order valence-electron chi connectivity index (χ2n) is 5.74. The van der Waals surface area contributed by atoms with Crippen molar-refractivity contribution in [3.8, 4) is 0 Å². The molecule has 0 aliphatic rings. The molecule has 5 nitrogen and oxygen atoms in total. The van der Waals surface area contributed by atoms with Crippen molar-refractivity contribution in [2.45, 2.75) is 11.4 Å². The number of carbonyl (C=O) groups is 1. The highest BCUT2D eigenvalue weighted by Crippen LogP contribution is 2.22. The number of allylic oxidation sites excluding steroid dienone is 1. The second kappa shape index (κ2) is 7.16. The fraction of sp³-hybridized carbons (Fsp3) is 0.111. The molecule has 9 heteroatoms. The van der Waals surface area contributed by atoms with Gasteiger partial charge in [0.15, 0.2) is 20.5 Å². The molecule has 0 bridgehead atoms. The van der Waals surface area contributed by atoms with Gasteiger partial charge in [0.25, 0.3) is 5.91 Å². The summed E-state index contributed by atoms with van der Waals surface area (Å²) in [6.45, 7) is 3.77. The molecule has 2 aromatic carbocycles. The standard InChI is InChI=1S/C18H14F2N2O3S2/c1-3-7-22-16-14(20)9-12(19)10-15(16)26-18(22)21-17(23)11-5-4-6-13(8-11)27(2,24)25/h3-6,8-10H,1,7H2,2H3. The Morgan fingerprint density at radius 1 is 1.30 bits per heavy atom. The smallest absolute Gasteiger partial charge is 0.279 e. The van der Waals surface area contributed by atoms with E-state index in [1.165, 1.54) is 34.9 Å². The summed E-state index contributed by atoms with van der Waals surface area (Å²) in [6, 6.07) is 7.41. The van der Waals surface area contributed by atoms with Crippen LogP contribution >= 0.6 is 11.3 Å². The average Bonchev–Trinajstić information content (AvgIpc) is 2.92. The number of thiazole rings is 1. The Kier molecular flexibility index (Phi) is 5.07. The average molecular weight is 408 g/mol. The zero-order valence-corrected chi connectivity index (χ0v) is 15.8. The number of halogens is 2. The Bertz CT molecular complexity index is 1240. The number of aromatic nitrogens is 1. The SMILES string of the molecule is C=CCn1c(=NC(=O)c2cccc(S(C)(=O)=O)c2)sc2cc(F)cc(F)c21. The van der Waals surface area contributed by atoms with Crippen LogP contribution in [0.5, 0.6) is 0 Å². The molecule has 3 aromatic rings. The molecule has 3 rings (SSSR count). The highest BCUT2D eigenvalue weighted by atomic mass is 32.2. The number of nitrogens with zero attached hydrogens (tertiary/aromatic N) is 2. The van der Waals surface area contributed by atoms with Crippen LogP contribution in [0.3, 0.4) is 0 Å². The molecule has 0 saturated carbocycles. The van der Waals surface area contributed by atoms with Crippen LogP contribution in [0.15, 0.2) is 58.9 Å². The van der Waals surface area contributed by atoms with Crippen LogP contribution < -0.4 is 4.80 Å². The highest BCUT2D eigenvalue weighted by molar-refractivity contribution is 7.90. The van der Waals surface area contributed by atoms with Gasteiger partial charge in [-0.1, -0.05) is 23.5 Å². The molecule has 0 unspecified atom stereocenters. The largest absolute Gasteiger partial charge is 0.310 e. The molecule has 1 heterocycles. The zero-order valence-electron chi connectivity index (χ0n) is 14.1. The summed E-state index contributed by atoms with van der Waals surface area (Å²) >= 11 is 0.954. The lowest BCUT2D eigenvalue weighted by molar-refractivity contribution is 0.0997. The fourth-order valence-electron chi connectivity index (χ4n) is 2.52. The molecule has 0 saturated heterocycles. The topological polar surface area (TPSA) is 68.5 Å². The van der Waals surface area contributed by atoms with Crippen molar-refractivity contribution in [3.63, 3.8) is 0 Å². The van der Waals surface area contributed by atoms with Crippen LogP contribution in [0, 0.1) is 11.6 Å². The van der Waals surface area contributed by atoms with E-state index in [9.17, 15) is 22.0 Å². The lowest BCUT2D eigenvalue weighted by Crippen LogP contribution is -2.17. The fourth-order valence-corrected chi connectivity index (χ4v) is 4.27. The number of hydrogen-bond donors (Lipinski definition) is 0. The van der Waals surface area contributed by atoms with Gasteiger partial charge in [-0.2, -0.15) is 4.99 Å². The first-order chi connectivity index (χ1) is 12.7. The van der Waals surface area contributed by atoms with Crippen LogP contribution in [0.4, 0.5) is 8.78 Å². The summed E-state index contributed by atoms with van der Waals surface area (Å²) in [4.78, 5) is 16.7. The predicted molar refractivity (Wildman–Crippen MR) is 99.4 cm³/mol. The molecule has 0 aliphatic carbocycles. The molecule has 1 amide bonds. The van der Waals surface area contributed by atoms with E-state index < -0.39 is 27.4 Å². The van der Waals surface area contributed by atoms with Crippen LogP contribution in [-0.2, 0) is 16.4 Å². The molecule has 27 heavy (non-hydrogen) atoms. The minimum Gasteiger partial charge on any atom is -0.310 e. The Balaban J connectivity index is 2.18. The summed E-state index contributed by atoms with van der Waals surface area (Å²) in [5.74, 6) is -2.19. The Morgan fingerprint density at radius 2 is 2.04 bits per heavy atom. The highest BCUT2D eigenvalue weighted by Gasteiger charge is 2.15. The van der Waals surface area contributed by atoms with E-state index in [4.69, 9.17) is 0 Å². The van der Waals surface area contributed by atoms with Gasteiger partial charge < -0.3 is 4.57 Å². The maximum Gasteiger partial charge on any atom is 0.279 e. The maximum atomic E-state index is 14.2. The third-order valence-electron chi connectivity index (χ3n) is 3.71. The lowest BCUT2D eigenvalue weighted by Gasteiger charge is -2.03. The van der Waals surface area contributed by atoms with E-state index in [2.05, 4.69) is 11.6 Å². The summed E-state index contributed by atoms with van der Waals surface area (Å²) in [5.41, 5.74) is 0.199. The first-order valence-electron chi connectivity index (χ1n) is 7.69. The molecular weight excluding hydrogens is 394 g/mol. The van der Waals surface area contributed by atoms with Crippen LogP contribution in [0.1, 0.15) is 10.4 Å². The molecule has 0 fully saturated rings. The predicted octanol–water partition coefficient (Wildman–Crippen LogP) is 3.31. The molecule has 0 atom stereocenters. The Hall–Kier alpha value is -2.65. The van der Waals surface area contributed by atoms with Crippen molar-refractivity contribution in [1.82, 2.24) is 4.57 Å². The van der Waals surface area contributed by atoms with Gasteiger partial charge in [0.05, 0.1) is 15.1 Å². The van der Waals surface area contributed by atoms with Crippen LogP contribution in [-0.4, -0.2) is 25.1 Å². The van der Waals surface area contributed by atoms with Gasteiger partial charge >= 0.3 is 0 Å². The molecule has 140 valence electrons. The van der Waals surface area contributed by atoms with Crippen molar-refractivity contribution in [1.29, 1.82) is 0 Å².